The van der Waals surface area contributed by atoms with Crippen LogP contribution >= 0.6 is 0 Å². The lowest BCUT2D eigenvalue weighted by molar-refractivity contribution is -0.671. The Kier molecular flexibility index (Phi) is 23.8. The van der Waals surface area contributed by atoms with E-state index < -0.39 is 5.97 Å². The Morgan fingerprint density at radius 1 is 0.735 bits per heavy atom. The summed E-state index contributed by atoms with van der Waals surface area (Å²) >= 11 is 0. The molecule has 0 spiro atoms. The monoisotopic (exact) mass is 478 g/mol. The minimum Gasteiger partial charge on any atom is -0.550 e. The first kappa shape index (κ1) is 32.7. The van der Waals surface area contributed by atoms with Gasteiger partial charge in [0.2, 0.25) is 6.33 Å². The highest BCUT2D eigenvalue weighted by molar-refractivity contribution is 5.67. The van der Waals surface area contributed by atoms with E-state index in [1.807, 2.05) is 6.92 Å². The Balaban J connectivity index is 0.000000916. The number of hydrogen-bond acceptors (Lipinski definition) is 2. The van der Waals surface area contributed by atoms with Crippen LogP contribution in [0.2, 0.25) is 0 Å². The Hall–Kier alpha value is -1.32. The third-order valence-corrected chi connectivity index (χ3v) is 6.83. The molecule has 0 aliphatic rings. The van der Waals surface area contributed by atoms with Crippen LogP contribution in [0.3, 0.4) is 0 Å². The number of nitrogens with zero attached hydrogens (tertiary/aromatic N) is 2. The number of aromatic nitrogens is 2. The van der Waals surface area contributed by atoms with Gasteiger partial charge < -0.3 is 9.90 Å². The standard InChI is InChI=1S/C22H43N2.C8H16O2/c1-3-4-5-6-7-8-9-10-11-12-13-14-15-16-17-18-19-24-21-20-23(2)22-24;1-3-5-6-7(4-2)8(9)10/h20-22H,3-19H2,1-2H3;7H,3-6H2,1-2H3,(H,9,10)/q+1;/p-1. The maximum absolute atomic E-state index is 10.3. The first-order chi connectivity index (χ1) is 16.5. The Morgan fingerprint density at radius 3 is 1.53 bits per heavy atom. The van der Waals surface area contributed by atoms with Crippen molar-refractivity contribution in [3.63, 3.8) is 0 Å². The second-order valence-electron chi connectivity index (χ2n) is 10.2. The molecular formula is C30H58N2O2. The molecule has 1 unspecified atom stereocenters. The second kappa shape index (κ2) is 24.8. The average Bonchev–Trinajstić information content (AvgIpc) is 3.24. The van der Waals surface area contributed by atoms with Crippen LogP contribution in [0.4, 0.5) is 0 Å². The molecule has 0 saturated heterocycles. The SMILES string of the molecule is CCCCC(CC)C(=O)[O-].CCCCCCCCCCCCCCCCCCn1cc[n+](C)c1. The summed E-state index contributed by atoms with van der Waals surface area (Å²) in [5, 5.41) is 10.3. The van der Waals surface area contributed by atoms with Gasteiger partial charge in [0.15, 0.2) is 0 Å². The quantitative estimate of drug-likeness (QED) is 0.128. The van der Waals surface area contributed by atoms with Crippen molar-refractivity contribution < 1.29 is 14.5 Å². The minimum absolute atomic E-state index is 0.222. The molecule has 1 rings (SSSR count). The van der Waals surface area contributed by atoms with Crippen molar-refractivity contribution in [2.24, 2.45) is 13.0 Å². The van der Waals surface area contributed by atoms with Gasteiger partial charge in [-0.15, -0.1) is 0 Å². The summed E-state index contributed by atoms with van der Waals surface area (Å²) in [6.07, 6.45) is 33.0. The van der Waals surface area contributed by atoms with Crippen LogP contribution in [-0.2, 0) is 18.4 Å². The number of unbranched alkanes of at least 4 members (excludes halogenated alkanes) is 16. The molecule has 0 aliphatic carbocycles. The summed E-state index contributed by atoms with van der Waals surface area (Å²) in [6.45, 7) is 7.42. The predicted molar refractivity (Wildman–Crippen MR) is 143 cm³/mol. The number of carbonyl (C=O) groups is 1. The van der Waals surface area contributed by atoms with Crippen LogP contribution in [0.1, 0.15) is 149 Å². The first-order valence-corrected chi connectivity index (χ1v) is 14.8. The van der Waals surface area contributed by atoms with Gasteiger partial charge >= 0.3 is 0 Å². The average molecular weight is 479 g/mol. The summed E-state index contributed by atoms with van der Waals surface area (Å²) in [5.41, 5.74) is 0. The van der Waals surface area contributed by atoms with Gasteiger partial charge in [-0.1, -0.05) is 124 Å². The van der Waals surface area contributed by atoms with Crippen LogP contribution in [0.15, 0.2) is 18.7 Å². The zero-order valence-electron chi connectivity index (χ0n) is 23.4. The molecule has 1 aromatic heterocycles. The van der Waals surface area contributed by atoms with Crippen molar-refractivity contribution in [3.05, 3.63) is 18.7 Å². The van der Waals surface area contributed by atoms with E-state index in [1.54, 1.807) is 0 Å². The molecule has 0 aliphatic heterocycles. The van der Waals surface area contributed by atoms with Gasteiger partial charge in [-0.3, -0.25) is 0 Å². The van der Waals surface area contributed by atoms with Crippen LogP contribution in [0.5, 0.6) is 0 Å². The predicted octanol–water partition coefficient (Wildman–Crippen LogP) is 7.53. The minimum atomic E-state index is -0.893. The van der Waals surface area contributed by atoms with Crippen LogP contribution in [0.25, 0.3) is 0 Å². The lowest BCUT2D eigenvalue weighted by atomic mass is 10.00. The molecular weight excluding hydrogens is 420 g/mol. The zero-order valence-corrected chi connectivity index (χ0v) is 23.4. The van der Waals surface area contributed by atoms with Gasteiger partial charge in [0.1, 0.15) is 12.4 Å². The smallest absolute Gasteiger partial charge is 0.243 e. The van der Waals surface area contributed by atoms with Crippen molar-refractivity contribution in [1.29, 1.82) is 0 Å². The molecule has 0 aromatic carbocycles. The molecule has 0 N–H and O–H groups in total. The van der Waals surface area contributed by atoms with E-state index in [-0.39, 0.29) is 5.92 Å². The number of hydrogen-bond donors (Lipinski definition) is 0. The highest BCUT2D eigenvalue weighted by Crippen LogP contribution is 2.14. The Morgan fingerprint density at radius 2 is 1.18 bits per heavy atom. The highest BCUT2D eigenvalue weighted by atomic mass is 16.4. The molecule has 0 amide bonds. The summed E-state index contributed by atoms with van der Waals surface area (Å²) < 4.78 is 4.41. The normalized spacial score (nSPS) is 11.8. The van der Waals surface area contributed by atoms with Gasteiger partial charge in [-0.25, -0.2) is 9.13 Å². The molecule has 34 heavy (non-hydrogen) atoms. The van der Waals surface area contributed by atoms with Crippen molar-refractivity contribution in [2.45, 2.75) is 156 Å². The molecule has 4 heteroatoms. The fourth-order valence-electron chi connectivity index (χ4n) is 4.42. The van der Waals surface area contributed by atoms with E-state index >= 15 is 0 Å². The number of carbonyl (C=O) groups excluding carboxylic acids is 1. The van der Waals surface area contributed by atoms with Crippen molar-refractivity contribution in [3.8, 4) is 0 Å². The Labute approximate surface area is 212 Å². The molecule has 1 aromatic rings. The van der Waals surface area contributed by atoms with Gasteiger partial charge in [0, 0.05) is 5.97 Å². The van der Waals surface area contributed by atoms with Crippen molar-refractivity contribution in [2.75, 3.05) is 0 Å². The molecule has 0 fully saturated rings. The molecule has 4 nitrogen and oxygen atoms in total. The Bertz CT molecular complexity index is 556. The molecule has 0 saturated carbocycles. The third kappa shape index (κ3) is 21.2. The number of imidazole rings is 1. The molecule has 0 bridgehead atoms. The molecule has 0 radical (unpaired) electrons. The van der Waals surface area contributed by atoms with Crippen LogP contribution < -0.4 is 9.67 Å². The number of carboxylic acid groups (broad SMARTS) is 1. The summed E-state index contributed by atoms with van der Waals surface area (Å²) in [7, 11) is 2.09. The number of carboxylic acids is 1. The van der Waals surface area contributed by atoms with E-state index in [1.165, 1.54) is 109 Å². The van der Waals surface area contributed by atoms with Crippen molar-refractivity contribution in [1.82, 2.24) is 4.57 Å². The summed E-state index contributed by atoms with van der Waals surface area (Å²) in [5.74, 6) is -1.11. The van der Waals surface area contributed by atoms with E-state index in [0.29, 0.717) is 6.42 Å². The fraction of sp³-hybridized carbons (Fsp3) is 0.867. The summed E-state index contributed by atoms with van der Waals surface area (Å²) in [6, 6.07) is 0. The van der Waals surface area contributed by atoms with Gasteiger partial charge in [0.05, 0.1) is 13.6 Å². The first-order valence-electron chi connectivity index (χ1n) is 14.8. The molecule has 1 atom stereocenters. The molecule has 200 valence electrons. The summed E-state index contributed by atoms with van der Waals surface area (Å²) in [4.78, 5) is 10.3. The largest absolute Gasteiger partial charge is 0.550 e. The van der Waals surface area contributed by atoms with Gasteiger partial charge in [0.25, 0.3) is 0 Å². The lowest BCUT2D eigenvalue weighted by Crippen LogP contribution is -2.30. The van der Waals surface area contributed by atoms with E-state index in [9.17, 15) is 9.90 Å². The molecule has 1 heterocycles. The van der Waals surface area contributed by atoms with E-state index in [2.05, 4.69) is 48.8 Å². The topological polar surface area (TPSA) is 48.9 Å². The van der Waals surface area contributed by atoms with Crippen molar-refractivity contribution >= 4 is 5.97 Å². The maximum Gasteiger partial charge on any atom is 0.243 e. The second-order valence-corrected chi connectivity index (χ2v) is 10.2. The number of aliphatic carboxylic acids is 1. The van der Waals surface area contributed by atoms with Gasteiger partial charge in [-0.05, 0) is 31.6 Å². The number of aryl methyl sites for hydroxylation is 2. The third-order valence-electron chi connectivity index (χ3n) is 6.83. The zero-order chi connectivity index (χ0) is 25.3. The lowest BCUT2D eigenvalue weighted by Gasteiger charge is -2.14. The van der Waals surface area contributed by atoms with Crippen LogP contribution in [0, 0.1) is 5.92 Å². The van der Waals surface area contributed by atoms with E-state index in [0.717, 1.165) is 19.3 Å². The maximum atomic E-state index is 10.3. The number of rotatable bonds is 22. The fourth-order valence-corrected chi connectivity index (χ4v) is 4.42. The van der Waals surface area contributed by atoms with E-state index in [4.69, 9.17) is 0 Å². The van der Waals surface area contributed by atoms with Gasteiger partial charge in [-0.2, -0.15) is 0 Å². The highest BCUT2D eigenvalue weighted by Gasteiger charge is 2.05. The van der Waals surface area contributed by atoms with Crippen LogP contribution in [-0.4, -0.2) is 10.5 Å².